The second-order valence-electron chi connectivity index (χ2n) is 4.35. The van der Waals surface area contributed by atoms with E-state index in [0.29, 0.717) is 26.8 Å². The number of hydrogen-bond donors (Lipinski definition) is 1. The molecular formula is C11H15Cl3N2OS. The van der Waals surface area contributed by atoms with E-state index in [1.165, 1.54) is 11.3 Å². The lowest BCUT2D eigenvalue weighted by Gasteiger charge is -2.37. The fourth-order valence-corrected chi connectivity index (χ4v) is 3.39. The Kier molecular flexibility index (Phi) is 5.74. The van der Waals surface area contributed by atoms with Crippen LogP contribution in [0.2, 0.25) is 8.67 Å². The monoisotopic (exact) mass is 328 g/mol. The first-order valence-electron chi connectivity index (χ1n) is 5.48. The van der Waals surface area contributed by atoms with Crippen LogP contribution in [0.1, 0.15) is 24.2 Å². The topological polar surface area (TPSA) is 32.3 Å². The number of halogens is 3. The molecule has 1 fully saturated rings. The van der Waals surface area contributed by atoms with E-state index in [9.17, 15) is 4.79 Å². The van der Waals surface area contributed by atoms with Crippen LogP contribution in [0.3, 0.4) is 0 Å². The SMILES string of the molecule is CC1CN(C(=O)c2cc(Cl)sc2Cl)C(C)CN1.Cl. The van der Waals surface area contributed by atoms with E-state index in [1.807, 2.05) is 11.8 Å². The Morgan fingerprint density at radius 2 is 2.17 bits per heavy atom. The van der Waals surface area contributed by atoms with Gasteiger partial charge in [-0.25, -0.2) is 0 Å². The molecule has 0 bridgehead atoms. The predicted octanol–water partition coefficient (Wildman–Crippen LogP) is 3.30. The van der Waals surface area contributed by atoms with E-state index >= 15 is 0 Å². The molecule has 0 saturated carbocycles. The summed E-state index contributed by atoms with van der Waals surface area (Å²) in [4.78, 5) is 14.2. The van der Waals surface area contributed by atoms with Crippen molar-refractivity contribution in [3.8, 4) is 0 Å². The summed E-state index contributed by atoms with van der Waals surface area (Å²) in [5, 5.41) is 3.34. The zero-order chi connectivity index (χ0) is 12.6. The Bertz CT molecular complexity index is 438. The molecule has 7 heteroatoms. The second-order valence-corrected chi connectivity index (χ2v) is 6.64. The highest BCUT2D eigenvalue weighted by molar-refractivity contribution is 7.20. The van der Waals surface area contributed by atoms with E-state index in [-0.39, 0.29) is 24.4 Å². The minimum absolute atomic E-state index is 0. The van der Waals surface area contributed by atoms with Crippen molar-refractivity contribution in [1.82, 2.24) is 10.2 Å². The van der Waals surface area contributed by atoms with Gasteiger partial charge in [-0.15, -0.1) is 23.7 Å². The summed E-state index contributed by atoms with van der Waals surface area (Å²) in [6, 6.07) is 2.13. The number of amides is 1. The standard InChI is InChI=1S/C11H14Cl2N2OS.ClH/c1-6-5-15(7(2)4-14-6)11(16)8-3-9(12)17-10(8)13;/h3,6-7,14H,4-5H2,1-2H3;1H. The Morgan fingerprint density at radius 1 is 1.50 bits per heavy atom. The average molecular weight is 330 g/mol. The molecule has 18 heavy (non-hydrogen) atoms. The summed E-state index contributed by atoms with van der Waals surface area (Å²) < 4.78 is 1.02. The first-order chi connectivity index (χ1) is 7.99. The number of rotatable bonds is 1. The zero-order valence-electron chi connectivity index (χ0n) is 10.1. The molecule has 2 atom stereocenters. The third-order valence-corrected chi connectivity index (χ3v) is 4.40. The first-order valence-corrected chi connectivity index (χ1v) is 7.05. The minimum Gasteiger partial charge on any atom is -0.333 e. The van der Waals surface area contributed by atoms with E-state index in [0.717, 1.165) is 6.54 Å². The van der Waals surface area contributed by atoms with Crippen LogP contribution in [-0.4, -0.2) is 36.0 Å². The zero-order valence-corrected chi connectivity index (χ0v) is 13.2. The van der Waals surface area contributed by atoms with E-state index in [1.54, 1.807) is 6.07 Å². The summed E-state index contributed by atoms with van der Waals surface area (Å²) in [5.41, 5.74) is 0.516. The molecule has 1 N–H and O–H groups in total. The minimum atomic E-state index is -0.0287. The molecule has 1 aromatic heterocycles. The van der Waals surface area contributed by atoms with Crippen molar-refractivity contribution in [2.45, 2.75) is 25.9 Å². The molecule has 1 aliphatic heterocycles. The van der Waals surface area contributed by atoms with Gasteiger partial charge in [0.15, 0.2) is 0 Å². The Morgan fingerprint density at radius 3 is 2.72 bits per heavy atom. The summed E-state index contributed by atoms with van der Waals surface area (Å²) >= 11 is 13.1. The molecule has 1 saturated heterocycles. The third kappa shape index (κ3) is 3.31. The molecule has 2 rings (SSSR count). The Hall–Kier alpha value is -0.000000000000000167. The van der Waals surface area contributed by atoms with Crippen molar-refractivity contribution >= 4 is 52.9 Å². The summed E-state index contributed by atoms with van der Waals surface area (Å²) in [5.74, 6) is -0.0287. The largest absolute Gasteiger partial charge is 0.333 e. The van der Waals surface area contributed by atoms with Gasteiger partial charge < -0.3 is 10.2 Å². The number of nitrogens with zero attached hydrogens (tertiary/aromatic N) is 1. The van der Waals surface area contributed by atoms with Crippen molar-refractivity contribution in [2.75, 3.05) is 13.1 Å². The van der Waals surface area contributed by atoms with Crippen molar-refractivity contribution < 1.29 is 4.79 Å². The van der Waals surface area contributed by atoms with E-state index < -0.39 is 0 Å². The maximum absolute atomic E-state index is 12.4. The molecule has 0 aliphatic carbocycles. The number of carbonyl (C=O) groups excluding carboxylic acids is 1. The molecule has 1 aliphatic rings. The van der Waals surface area contributed by atoms with E-state index in [4.69, 9.17) is 23.2 Å². The highest BCUT2D eigenvalue weighted by Gasteiger charge is 2.29. The molecule has 1 aromatic rings. The van der Waals surface area contributed by atoms with Crippen LogP contribution in [0.25, 0.3) is 0 Å². The lowest BCUT2D eigenvalue weighted by atomic mass is 10.1. The van der Waals surface area contributed by atoms with Crippen LogP contribution in [0, 0.1) is 0 Å². The summed E-state index contributed by atoms with van der Waals surface area (Å²) in [6.07, 6.45) is 0. The van der Waals surface area contributed by atoms with Crippen molar-refractivity contribution in [3.63, 3.8) is 0 Å². The van der Waals surface area contributed by atoms with Crippen molar-refractivity contribution in [3.05, 3.63) is 20.3 Å². The fourth-order valence-electron chi connectivity index (χ4n) is 1.95. The van der Waals surface area contributed by atoms with Gasteiger partial charge in [-0.05, 0) is 19.9 Å². The fraction of sp³-hybridized carbons (Fsp3) is 0.545. The van der Waals surface area contributed by atoms with Gasteiger partial charge in [0.25, 0.3) is 5.91 Å². The number of nitrogens with one attached hydrogen (secondary N) is 1. The molecule has 0 radical (unpaired) electrons. The maximum Gasteiger partial charge on any atom is 0.256 e. The molecule has 3 nitrogen and oxygen atoms in total. The molecular weight excluding hydrogens is 315 g/mol. The van der Waals surface area contributed by atoms with Gasteiger partial charge in [0.1, 0.15) is 4.34 Å². The molecule has 0 aromatic carbocycles. The van der Waals surface area contributed by atoms with Gasteiger partial charge in [0.05, 0.1) is 9.90 Å². The van der Waals surface area contributed by atoms with Crippen LogP contribution in [0.5, 0.6) is 0 Å². The number of hydrogen-bond acceptors (Lipinski definition) is 3. The first kappa shape index (κ1) is 16.1. The lowest BCUT2D eigenvalue weighted by molar-refractivity contribution is 0.0617. The van der Waals surface area contributed by atoms with Crippen LogP contribution in [0.15, 0.2) is 6.07 Å². The van der Waals surface area contributed by atoms with Gasteiger partial charge in [0.2, 0.25) is 0 Å². The Labute approximate surface area is 127 Å². The number of carbonyl (C=O) groups is 1. The molecule has 1 amide bonds. The molecule has 2 unspecified atom stereocenters. The Balaban J connectivity index is 0.00000162. The highest BCUT2D eigenvalue weighted by atomic mass is 35.5. The van der Waals surface area contributed by atoms with Gasteiger partial charge in [-0.2, -0.15) is 0 Å². The molecule has 0 spiro atoms. The normalized spacial score (nSPS) is 23.7. The third-order valence-electron chi connectivity index (χ3n) is 2.91. The molecule has 2 heterocycles. The van der Waals surface area contributed by atoms with Gasteiger partial charge >= 0.3 is 0 Å². The highest BCUT2D eigenvalue weighted by Crippen LogP contribution is 2.32. The van der Waals surface area contributed by atoms with Crippen molar-refractivity contribution in [1.29, 1.82) is 0 Å². The van der Waals surface area contributed by atoms with Crippen LogP contribution < -0.4 is 5.32 Å². The quantitative estimate of drug-likeness (QED) is 0.857. The average Bonchev–Trinajstić information content (AvgIpc) is 2.60. The van der Waals surface area contributed by atoms with Crippen LogP contribution in [-0.2, 0) is 0 Å². The van der Waals surface area contributed by atoms with Gasteiger partial charge in [-0.3, -0.25) is 4.79 Å². The van der Waals surface area contributed by atoms with Crippen molar-refractivity contribution in [2.24, 2.45) is 0 Å². The number of thiophene rings is 1. The predicted molar refractivity (Wildman–Crippen MR) is 79.6 cm³/mol. The van der Waals surface area contributed by atoms with Crippen LogP contribution in [0.4, 0.5) is 0 Å². The van der Waals surface area contributed by atoms with Crippen LogP contribution >= 0.6 is 46.9 Å². The van der Waals surface area contributed by atoms with Gasteiger partial charge in [0, 0.05) is 25.2 Å². The lowest BCUT2D eigenvalue weighted by Crippen LogP contribution is -2.56. The maximum atomic E-state index is 12.4. The van der Waals surface area contributed by atoms with E-state index in [2.05, 4.69) is 12.2 Å². The van der Waals surface area contributed by atoms with Gasteiger partial charge in [-0.1, -0.05) is 23.2 Å². The molecule has 102 valence electrons. The number of piperazine rings is 1. The summed E-state index contributed by atoms with van der Waals surface area (Å²) in [6.45, 7) is 5.60. The smallest absolute Gasteiger partial charge is 0.256 e. The summed E-state index contributed by atoms with van der Waals surface area (Å²) in [7, 11) is 0. The second kappa shape index (κ2) is 6.44.